The van der Waals surface area contributed by atoms with E-state index < -0.39 is 0 Å². The number of nitrogens with zero attached hydrogens (tertiary/aromatic N) is 4. The van der Waals surface area contributed by atoms with Crippen molar-refractivity contribution >= 4 is 49.1 Å². The maximum atomic E-state index is 9.72. The highest BCUT2D eigenvalue weighted by Crippen LogP contribution is 2.37. The number of aromatic nitrogens is 2. The smallest absolute Gasteiger partial charge is 0.115 e. The Hall–Kier alpha value is -5.28. The predicted octanol–water partition coefficient (Wildman–Crippen LogP) is 8.91. The lowest BCUT2D eigenvalue weighted by Gasteiger charge is -2.10. The van der Waals surface area contributed by atoms with Gasteiger partial charge in [-0.1, -0.05) is 36.4 Å². The van der Waals surface area contributed by atoms with Crippen molar-refractivity contribution in [2.75, 3.05) is 0 Å². The molecule has 0 unspecified atom stereocenters. The molecule has 0 saturated carbocycles. The fraction of sp³-hybridized carbons (Fsp3) is 0. The summed E-state index contributed by atoms with van der Waals surface area (Å²) in [6.45, 7) is 0. The summed E-state index contributed by atoms with van der Waals surface area (Å²) < 4.78 is 4.75. The average Bonchev–Trinajstić information content (AvgIpc) is 3.73. The Morgan fingerprint density at radius 1 is 0.619 bits per heavy atom. The number of phenols is 2. The molecule has 0 aliphatic heterocycles. The van der Waals surface area contributed by atoms with E-state index in [9.17, 15) is 20.7 Å². The fourth-order valence-corrected chi connectivity index (χ4v) is 6.40. The largest absolute Gasteiger partial charge is 0.508 e. The molecule has 7 rings (SSSR count). The average molecular weight is 630 g/mol. The van der Waals surface area contributed by atoms with Crippen LogP contribution in [0.5, 0.6) is 11.5 Å². The molecule has 0 atom stereocenters. The highest BCUT2D eigenvalue weighted by Gasteiger charge is 2.20. The van der Waals surface area contributed by atoms with Gasteiger partial charge in [0.15, 0.2) is 0 Å². The van der Waals surface area contributed by atoms with Crippen molar-refractivity contribution in [3.05, 3.63) is 130 Å². The van der Waals surface area contributed by atoms with Crippen LogP contribution in [0.3, 0.4) is 0 Å². The van der Waals surface area contributed by atoms with Crippen LogP contribution in [0.2, 0.25) is 0 Å². The molecule has 0 bridgehead atoms. The minimum absolute atomic E-state index is 0.219. The Morgan fingerprint density at radius 2 is 1.12 bits per heavy atom. The summed E-state index contributed by atoms with van der Waals surface area (Å²) in [7, 11) is 0. The number of aromatic hydroxyl groups is 2. The standard InChI is InChI=1S/C19H12N2OS.C15H9BrN2O/c20-11-17-16-3-1-2-4-18(16)21(14-5-7-15(22)8-6-14)19(17)13-9-10-23-12-13;16-15-13(9-17)12-3-1-2-4-14(12)18(15)10-5-7-11(19)8-6-10/h1-10,12,22H;1-8,19H. The second kappa shape index (κ2) is 11.3. The van der Waals surface area contributed by atoms with Gasteiger partial charge in [-0.25, -0.2) is 0 Å². The number of para-hydroxylation sites is 2. The van der Waals surface area contributed by atoms with E-state index in [1.807, 2.05) is 94.2 Å². The summed E-state index contributed by atoms with van der Waals surface area (Å²) in [5, 5.41) is 43.8. The van der Waals surface area contributed by atoms with Crippen LogP contribution in [0.25, 0.3) is 44.4 Å². The summed E-state index contributed by atoms with van der Waals surface area (Å²) >= 11 is 5.10. The number of nitriles is 2. The Morgan fingerprint density at radius 3 is 1.64 bits per heavy atom. The van der Waals surface area contributed by atoms with Crippen molar-refractivity contribution < 1.29 is 10.2 Å². The van der Waals surface area contributed by atoms with Gasteiger partial charge in [0.2, 0.25) is 0 Å². The van der Waals surface area contributed by atoms with Crippen LogP contribution in [0.1, 0.15) is 11.1 Å². The SMILES string of the molecule is N#Cc1c(-c2ccsc2)n(-c2ccc(O)cc2)c2ccccc12.N#Cc1c(Br)n(-c2ccc(O)cc2)c2ccccc12. The van der Waals surface area contributed by atoms with E-state index >= 15 is 0 Å². The van der Waals surface area contributed by atoms with E-state index in [0.29, 0.717) is 11.1 Å². The van der Waals surface area contributed by atoms with Crippen LogP contribution in [0.4, 0.5) is 0 Å². The van der Waals surface area contributed by atoms with Crippen molar-refractivity contribution in [2.24, 2.45) is 0 Å². The van der Waals surface area contributed by atoms with Gasteiger partial charge >= 0.3 is 0 Å². The van der Waals surface area contributed by atoms with E-state index in [4.69, 9.17) is 0 Å². The van der Waals surface area contributed by atoms with E-state index in [2.05, 4.69) is 32.6 Å². The quantitative estimate of drug-likeness (QED) is 0.204. The zero-order valence-electron chi connectivity index (χ0n) is 21.9. The summed E-state index contributed by atoms with van der Waals surface area (Å²) in [6, 6.07) is 36.2. The van der Waals surface area contributed by atoms with Gasteiger partial charge in [0, 0.05) is 33.1 Å². The third-order valence-corrected chi connectivity index (χ3v) is 8.36. The third-order valence-electron chi connectivity index (χ3n) is 6.93. The van der Waals surface area contributed by atoms with Gasteiger partial charge in [-0.05, 0) is 88.0 Å². The number of fused-ring (bicyclic) bond motifs is 2. The van der Waals surface area contributed by atoms with Gasteiger partial charge < -0.3 is 19.3 Å². The fourth-order valence-electron chi connectivity index (χ4n) is 5.06. The first-order valence-corrected chi connectivity index (χ1v) is 14.6. The van der Waals surface area contributed by atoms with E-state index in [1.165, 1.54) is 0 Å². The molecule has 4 aromatic carbocycles. The molecule has 3 aromatic heterocycles. The second-order valence-corrected chi connectivity index (χ2v) is 10.9. The maximum absolute atomic E-state index is 9.72. The molecule has 0 aliphatic carbocycles. The molecule has 8 heteroatoms. The lowest BCUT2D eigenvalue weighted by molar-refractivity contribution is 0.474. The molecule has 7 aromatic rings. The number of rotatable bonds is 3. The third kappa shape index (κ3) is 4.69. The highest BCUT2D eigenvalue weighted by molar-refractivity contribution is 9.10. The highest BCUT2D eigenvalue weighted by atomic mass is 79.9. The van der Waals surface area contributed by atoms with Gasteiger partial charge in [-0.2, -0.15) is 21.9 Å². The Bertz CT molecular complexity index is 2130. The number of phenolic OH excluding ortho intramolecular Hbond substituents is 2. The molecule has 3 heterocycles. The van der Waals surface area contributed by atoms with E-state index in [0.717, 1.165) is 49.0 Å². The number of benzene rings is 4. The molecule has 2 N–H and O–H groups in total. The molecular weight excluding hydrogens is 608 g/mol. The monoisotopic (exact) mass is 628 g/mol. The van der Waals surface area contributed by atoms with Crippen molar-refractivity contribution in [1.29, 1.82) is 10.5 Å². The van der Waals surface area contributed by atoms with Gasteiger partial charge in [0.25, 0.3) is 0 Å². The van der Waals surface area contributed by atoms with Crippen LogP contribution in [-0.4, -0.2) is 19.3 Å². The molecule has 0 radical (unpaired) electrons. The van der Waals surface area contributed by atoms with E-state index in [-0.39, 0.29) is 11.5 Å². The van der Waals surface area contributed by atoms with Crippen LogP contribution < -0.4 is 0 Å². The minimum Gasteiger partial charge on any atom is -0.508 e. The molecular formula is C34H21BrN4O2S. The summed E-state index contributed by atoms with van der Waals surface area (Å²) in [6.07, 6.45) is 0. The Labute approximate surface area is 253 Å². The lowest BCUT2D eigenvalue weighted by atomic mass is 10.1. The lowest BCUT2D eigenvalue weighted by Crippen LogP contribution is -1.96. The maximum Gasteiger partial charge on any atom is 0.115 e. The van der Waals surface area contributed by atoms with Crippen LogP contribution in [0.15, 0.2) is 118 Å². The molecule has 202 valence electrons. The van der Waals surface area contributed by atoms with E-state index in [1.54, 1.807) is 35.6 Å². The summed E-state index contributed by atoms with van der Waals surface area (Å²) in [5.74, 6) is 0.444. The number of thiophene rings is 1. The Balaban J connectivity index is 0.000000153. The van der Waals surface area contributed by atoms with Crippen molar-refractivity contribution in [2.45, 2.75) is 0 Å². The predicted molar refractivity (Wildman–Crippen MR) is 170 cm³/mol. The van der Waals surface area contributed by atoms with Crippen molar-refractivity contribution in [3.8, 4) is 46.3 Å². The molecule has 42 heavy (non-hydrogen) atoms. The first kappa shape index (κ1) is 26.9. The zero-order valence-corrected chi connectivity index (χ0v) is 24.3. The molecule has 6 nitrogen and oxygen atoms in total. The zero-order chi connectivity index (χ0) is 29.2. The van der Waals surface area contributed by atoms with Gasteiger partial charge in [-0.3, -0.25) is 0 Å². The van der Waals surface area contributed by atoms with Crippen molar-refractivity contribution in [1.82, 2.24) is 9.13 Å². The topological polar surface area (TPSA) is 97.9 Å². The number of hydrogen-bond acceptors (Lipinski definition) is 5. The molecule has 0 amide bonds. The first-order valence-electron chi connectivity index (χ1n) is 12.9. The van der Waals surface area contributed by atoms with Crippen LogP contribution in [0, 0.1) is 22.7 Å². The summed E-state index contributed by atoms with van der Waals surface area (Å²) in [5.41, 5.74) is 6.95. The van der Waals surface area contributed by atoms with Crippen LogP contribution in [-0.2, 0) is 0 Å². The molecule has 0 spiro atoms. The number of halogens is 1. The van der Waals surface area contributed by atoms with Crippen LogP contribution >= 0.6 is 27.3 Å². The number of hydrogen-bond donors (Lipinski definition) is 2. The minimum atomic E-state index is 0.219. The molecule has 0 fully saturated rings. The molecule has 0 aliphatic rings. The normalized spacial score (nSPS) is 10.6. The van der Waals surface area contributed by atoms with Crippen molar-refractivity contribution in [3.63, 3.8) is 0 Å². The molecule has 0 saturated heterocycles. The Kier molecular flexibility index (Phi) is 7.24. The summed E-state index contributed by atoms with van der Waals surface area (Å²) in [4.78, 5) is 0. The van der Waals surface area contributed by atoms with Gasteiger partial charge in [0.05, 0.1) is 27.9 Å². The second-order valence-electron chi connectivity index (χ2n) is 9.36. The van der Waals surface area contributed by atoms with Gasteiger partial charge in [-0.15, -0.1) is 0 Å². The first-order chi connectivity index (χ1) is 20.5. The van der Waals surface area contributed by atoms with Gasteiger partial charge in [0.1, 0.15) is 28.2 Å².